The van der Waals surface area contributed by atoms with Crippen molar-refractivity contribution in [2.45, 2.75) is 44.6 Å². The molecule has 25 heavy (non-hydrogen) atoms. The molecule has 0 bridgehead atoms. The summed E-state index contributed by atoms with van der Waals surface area (Å²) in [5.74, 6) is -0.0395. The molecule has 2 rings (SSSR count). The smallest absolute Gasteiger partial charge is 0.220 e. The molecule has 0 aliphatic rings. The third kappa shape index (κ3) is 4.69. The summed E-state index contributed by atoms with van der Waals surface area (Å²) in [5.41, 5.74) is 4.02. The Hall–Kier alpha value is -2.15. The van der Waals surface area contributed by atoms with Crippen LogP contribution in [0.1, 0.15) is 41.9 Å². The summed E-state index contributed by atoms with van der Waals surface area (Å²) in [6, 6.07) is 6.41. The predicted octanol–water partition coefficient (Wildman–Crippen LogP) is 2.25. The molecule has 0 spiro atoms. The minimum Gasteiger partial charge on any atom is -0.350 e. The number of nitrogens with zero attached hydrogens (tertiary/aromatic N) is 2. The zero-order chi connectivity index (χ0) is 18.8. The van der Waals surface area contributed by atoms with Crippen LogP contribution in [0.2, 0.25) is 0 Å². The summed E-state index contributed by atoms with van der Waals surface area (Å²) in [7, 11) is -1.31. The van der Waals surface area contributed by atoms with E-state index in [1.54, 1.807) is 24.3 Å². The summed E-state index contributed by atoms with van der Waals surface area (Å²) >= 11 is 0. The molecule has 1 amide bonds. The molecule has 7 heteroatoms. The SMILES string of the molecule is Cc1nn(C)c(C)c1CCC(=O)NC(C)c1ccc(S(C)(=O)=O)cc1. The van der Waals surface area contributed by atoms with Crippen LogP contribution in [-0.2, 0) is 28.1 Å². The fourth-order valence-corrected chi connectivity index (χ4v) is 3.45. The Morgan fingerprint density at radius 2 is 1.84 bits per heavy atom. The Morgan fingerprint density at radius 3 is 2.32 bits per heavy atom. The highest BCUT2D eigenvalue weighted by Crippen LogP contribution is 2.17. The fraction of sp³-hybridized carbons (Fsp3) is 0.444. The maximum Gasteiger partial charge on any atom is 0.220 e. The standard InChI is InChI=1S/C18H25N3O3S/c1-12(15-6-8-16(9-7-15)25(5,23)24)19-18(22)11-10-17-13(2)20-21(4)14(17)3/h6-9,12H,10-11H2,1-5H3,(H,19,22). The maximum absolute atomic E-state index is 12.2. The topological polar surface area (TPSA) is 81.1 Å². The van der Waals surface area contributed by atoms with Gasteiger partial charge in [0.05, 0.1) is 16.6 Å². The number of carbonyl (C=O) groups is 1. The molecule has 0 fully saturated rings. The highest BCUT2D eigenvalue weighted by Gasteiger charge is 2.14. The third-order valence-electron chi connectivity index (χ3n) is 4.45. The van der Waals surface area contributed by atoms with Crippen molar-refractivity contribution in [1.82, 2.24) is 15.1 Å². The summed E-state index contributed by atoms with van der Waals surface area (Å²) in [6.07, 6.45) is 2.21. The van der Waals surface area contributed by atoms with Gasteiger partial charge in [-0.2, -0.15) is 5.10 Å². The second-order valence-electron chi connectivity index (χ2n) is 6.40. The maximum atomic E-state index is 12.2. The van der Waals surface area contributed by atoms with Crippen LogP contribution in [0.3, 0.4) is 0 Å². The van der Waals surface area contributed by atoms with Gasteiger partial charge in [-0.3, -0.25) is 9.48 Å². The van der Waals surface area contributed by atoms with E-state index in [-0.39, 0.29) is 16.8 Å². The highest BCUT2D eigenvalue weighted by atomic mass is 32.2. The number of carbonyl (C=O) groups excluding carboxylic acids is 1. The lowest BCUT2D eigenvalue weighted by molar-refractivity contribution is -0.121. The van der Waals surface area contributed by atoms with Gasteiger partial charge >= 0.3 is 0 Å². The number of nitrogens with one attached hydrogen (secondary N) is 1. The number of sulfone groups is 1. The van der Waals surface area contributed by atoms with E-state index in [2.05, 4.69) is 10.4 Å². The molecule has 6 nitrogen and oxygen atoms in total. The van der Waals surface area contributed by atoms with Crippen LogP contribution in [0.25, 0.3) is 0 Å². The molecular weight excluding hydrogens is 338 g/mol. The van der Waals surface area contributed by atoms with E-state index < -0.39 is 9.84 Å². The van der Waals surface area contributed by atoms with Crippen molar-refractivity contribution < 1.29 is 13.2 Å². The number of rotatable bonds is 6. The molecule has 1 heterocycles. The lowest BCUT2D eigenvalue weighted by Crippen LogP contribution is -2.26. The zero-order valence-corrected chi connectivity index (χ0v) is 16.1. The van der Waals surface area contributed by atoms with Gasteiger partial charge in [-0.1, -0.05) is 12.1 Å². The summed E-state index contributed by atoms with van der Waals surface area (Å²) in [5, 5.41) is 7.32. The first-order valence-corrected chi connectivity index (χ1v) is 10.1. The minimum atomic E-state index is -3.21. The first-order chi connectivity index (χ1) is 11.6. The largest absolute Gasteiger partial charge is 0.350 e. The van der Waals surface area contributed by atoms with Gasteiger partial charge in [-0.25, -0.2) is 8.42 Å². The number of aryl methyl sites for hydroxylation is 2. The van der Waals surface area contributed by atoms with Crippen molar-refractivity contribution >= 4 is 15.7 Å². The van der Waals surface area contributed by atoms with E-state index >= 15 is 0 Å². The van der Waals surface area contributed by atoms with Crippen LogP contribution in [0.4, 0.5) is 0 Å². The highest BCUT2D eigenvalue weighted by molar-refractivity contribution is 7.90. The fourth-order valence-electron chi connectivity index (χ4n) is 2.82. The van der Waals surface area contributed by atoms with Crippen molar-refractivity contribution in [3.8, 4) is 0 Å². The third-order valence-corrected chi connectivity index (χ3v) is 5.58. The van der Waals surface area contributed by atoms with Crippen molar-refractivity contribution in [3.63, 3.8) is 0 Å². The number of aromatic nitrogens is 2. The van der Waals surface area contributed by atoms with Gasteiger partial charge in [0, 0.05) is 25.4 Å². The average Bonchev–Trinajstić information content (AvgIpc) is 2.77. The molecule has 1 atom stereocenters. The van der Waals surface area contributed by atoms with E-state index in [1.165, 1.54) is 6.26 Å². The first-order valence-electron chi connectivity index (χ1n) is 8.18. The Kier molecular flexibility index (Phi) is 5.67. The zero-order valence-electron chi connectivity index (χ0n) is 15.3. The Balaban J connectivity index is 1.96. The van der Waals surface area contributed by atoms with Gasteiger partial charge in [-0.15, -0.1) is 0 Å². The van der Waals surface area contributed by atoms with Gasteiger partial charge in [0.1, 0.15) is 0 Å². The molecule has 1 unspecified atom stereocenters. The van der Waals surface area contributed by atoms with Crippen LogP contribution >= 0.6 is 0 Å². The summed E-state index contributed by atoms with van der Waals surface area (Å²) in [6.45, 7) is 5.83. The summed E-state index contributed by atoms with van der Waals surface area (Å²) in [4.78, 5) is 12.5. The van der Waals surface area contributed by atoms with Crippen molar-refractivity contribution in [2.24, 2.45) is 7.05 Å². The van der Waals surface area contributed by atoms with E-state index in [1.807, 2.05) is 32.5 Å². The van der Waals surface area contributed by atoms with Crippen molar-refractivity contribution in [1.29, 1.82) is 0 Å². The Morgan fingerprint density at radius 1 is 1.24 bits per heavy atom. The van der Waals surface area contributed by atoms with Gasteiger partial charge < -0.3 is 5.32 Å². The molecular formula is C18H25N3O3S. The molecule has 1 N–H and O–H groups in total. The van der Waals surface area contributed by atoms with Gasteiger partial charge in [0.2, 0.25) is 5.91 Å². The van der Waals surface area contributed by atoms with Gasteiger partial charge in [-0.05, 0) is 50.5 Å². The van der Waals surface area contributed by atoms with Crippen molar-refractivity contribution in [3.05, 3.63) is 46.8 Å². The van der Waals surface area contributed by atoms with Crippen LogP contribution in [0.15, 0.2) is 29.2 Å². The van der Waals surface area contributed by atoms with Gasteiger partial charge in [0.25, 0.3) is 0 Å². The normalized spacial score (nSPS) is 12.8. The second kappa shape index (κ2) is 7.39. The quantitative estimate of drug-likeness (QED) is 0.853. The molecule has 136 valence electrons. The monoisotopic (exact) mass is 363 g/mol. The average molecular weight is 363 g/mol. The number of hydrogen-bond donors (Lipinski definition) is 1. The molecule has 2 aromatic rings. The molecule has 0 radical (unpaired) electrons. The van der Waals surface area contributed by atoms with Crippen LogP contribution < -0.4 is 5.32 Å². The minimum absolute atomic E-state index is 0.0395. The van der Waals surface area contributed by atoms with Crippen LogP contribution in [0, 0.1) is 13.8 Å². The second-order valence-corrected chi connectivity index (χ2v) is 8.42. The van der Waals surface area contributed by atoms with E-state index in [0.717, 1.165) is 22.5 Å². The molecule has 0 saturated heterocycles. The molecule has 1 aromatic carbocycles. The molecule has 0 aliphatic carbocycles. The van der Waals surface area contributed by atoms with Crippen LogP contribution in [-0.4, -0.2) is 30.4 Å². The summed E-state index contributed by atoms with van der Waals surface area (Å²) < 4.78 is 24.8. The molecule has 1 aromatic heterocycles. The predicted molar refractivity (Wildman–Crippen MR) is 97.1 cm³/mol. The van der Waals surface area contributed by atoms with E-state index in [0.29, 0.717) is 12.8 Å². The lowest BCUT2D eigenvalue weighted by atomic mass is 10.1. The Labute approximate surface area is 149 Å². The van der Waals surface area contributed by atoms with Crippen LogP contribution in [0.5, 0.6) is 0 Å². The van der Waals surface area contributed by atoms with Gasteiger partial charge in [0.15, 0.2) is 9.84 Å². The number of benzene rings is 1. The Bertz CT molecular complexity index is 868. The number of amides is 1. The van der Waals surface area contributed by atoms with E-state index in [4.69, 9.17) is 0 Å². The number of hydrogen-bond acceptors (Lipinski definition) is 4. The lowest BCUT2D eigenvalue weighted by Gasteiger charge is -2.15. The first kappa shape index (κ1) is 19.2. The van der Waals surface area contributed by atoms with E-state index in [9.17, 15) is 13.2 Å². The molecule has 0 saturated carbocycles. The van der Waals surface area contributed by atoms with Crippen molar-refractivity contribution in [2.75, 3.05) is 6.26 Å². The molecule has 0 aliphatic heterocycles.